The summed E-state index contributed by atoms with van der Waals surface area (Å²) in [6.07, 6.45) is 39.7. The lowest BCUT2D eigenvalue weighted by molar-refractivity contribution is -0.161. The van der Waals surface area contributed by atoms with Gasteiger partial charge in [-0.05, 0) is 77.0 Å². The van der Waals surface area contributed by atoms with Gasteiger partial charge in [-0.3, -0.25) is 14.1 Å². The minimum absolute atomic E-state index is 0.192. The number of hydrogen-bond donors (Lipinski definition) is 2. The summed E-state index contributed by atoms with van der Waals surface area (Å²) >= 11 is 0. The smallest absolute Gasteiger partial charge is 0.462 e. The van der Waals surface area contributed by atoms with E-state index in [-0.39, 0.29) is 19.4 Å². The van der Waals surface area contributed by atoms with Crippen LogP contribution in [0.25, 0.3) is 0 Å². The summed E-state index contributed by atoms with van der Waals surface area (Å²) in [6, 6.07) is 0. The Morgan fingerprint density at radius 1 is 0.553 bits per heavy atom. The number of hydrogen-bond acceptors (Lipinski definition) is 6. The van der Waals surface area contributed by atoms with Crippen LogP contribution in [-0.4, -0.2) is 41.0 Å². The summed E-state index contributed by atoms with van der Waals surface area (Å²) in [4.78, 5) is 42.6. The van der Waals surface area contributed by atoms with E-state index in [1.807, 2.05) is 0 Å². The number of ether oxygens (including phenoxy) is 2. The van der Waals surface area contributed by atoms with Gasteiger partial charge in [0.15, 0.2) is 6.10 Å². The number of carbonyl (C=O) groups excluding carboxylic acids is 2. The van der Waals surface area contributed by atoms with E-state index >= 15 is 0 Å². The molecule has 0 rings (SSSR count). The monoisotopic (exact) mass is 682 g/mol. The van der Waals surface area contributed by atoms with Crippen LogP contribution in [-0.2, 0) is 28.2 Å². The number of phosphoric ester groups is 1. The maximum absolute atomic E-state index is 12.3. The van der Waals surface area contributed by atoms with Gasteiger partial charge in [0.05, 0.1) is 6.61 Å². The van der Waals surface area contributed by atoms with Crippen LogP contribution in [0.5, 0.6) is 0 Å². The molecule has 0 aromatic heterocycles. The highest BCUT2D eigenvalue weighted by Gasteiger charge is 2.22. The Kier molecular flexibility index (Phi) is 32.5. The third kappa shape index (κ3) is 36.7. The molecule has 0 spiro atoms. The van der Waals surface area contributed by atoms with Gasteiger partial charge in [-0.25, -0.2) is 4.57 Å². The fraction of sp³-hybridized carbons (Fsp3) is 0.737. The minimum Gasteiger partial charge on any atom is -0.462 e. The zero-order valence-corrected chi connectivity index (χ0v) is 30.6. The normalized spacial score (nSPS) is 13.0. The summed E-state index contributed by atoms with van der Waals surface area (Å²) in [5.74, 6) is -0.943. The van der Waals surface area contributed by atoms with Crippen molar-refractivity contribution in [1.29, 1.82) is 0 Å². The predicted molar refractivity (Wildman–Crippen MR) is 193 cm³/mol. The summed E-state index contributed by atoms with van der Waals surface area (Å²) in [6.45, 7) is 3.59. The highest BCUT2D eigenvalue weighted by atomic mass is 31.2. The SMILES string of the molecule is CCCCC/C=C/C/C=C/C/C=C/CCCCC(=O)OC[C@H](COP(=O)(O)O)OC(=O)CCCCCCC/C=C/CCCCCCC. The van der Waals surface area contributed by atoms with Gasteiger partial charge in [0, 0.05) is 12.8 Å². The molecule has 272 valence electrons. The summed E-state index contributed by atoms with van der Waals surface area (Å²) in [5, 5.41) is 0. The molecule has 0 fully saturated rings. The average molecular weight is 683 g/mol. The molecule has 0 saturated carbocycles. The number of phosphoric acid groups is 1. The number of unbranched alkanes of at least 4 members (excludes halogenated alkanes) is 15. The molecule has 0 radical (unpaired) electrons. The highest BCUT2D eigenvalue weighted by molar-refractivity contribution is 7.46. The Morgan fingerprint density at radius 3 is 1.53 bits per heavy atom. The molecule has 47 heavy (non-hydrogen) atoms. The number of carbonyl (C=O) groups is 2. The maximum atomic E-state index is 12.3. The van der Waals surface area contributed by atoms with E-state index in [2.05, 4.69) is 67.0 Å². The molecule has 0 aliphatic rings. The molecule has 1 atom stereocenters. The van der Waals surface area contributed by atoms with Crippen molar-refractivity contribution >= 4 is 19.8 Å². The van der Waals surface area contributed by atoms with E-state index in [4.69, 9.17) is 19.3 Å². The molecule has 0 bridgehead atoms. The van der Waals surface area contributed by atoms with Gasteiger partial charge in [0.25, 0.3) is 0 Å². The van der Waals surface area contributed by atoms with Crippen molar-refractivity contribution in [1.82, 2.24) is 0 Å². The van der Waals surface area contributed by atoms with Crippen LogP contribution in [0.1, 0.15) is 162 Å². The number of allylic oxidation sites excluding steroid dienone is 8. The quantitative estimate of drug-likeness (QED) is 0.0304. The molecule has 8 nitrogen and oxygen atoms in total. The molecular formula is C38H67O8P. The van der Waals surface area contributed by atoms with E-state index in [1.54, 1.807) is 0 Å². The topological polar surface area (TPSA) is 119 Å². The van der Waals surface area contributed by atoms with Gasteiger partial charge in [-0.15, -0.1) is 0 Å². The average Bonchev–Trinajstić information content (AvgIpc) is 3.03. The second kappa shape index (κ2) is 33.9. The molecule has 2 N–H and O–H groups in total. The summed E-state index contributed by atoms with van der Waals surface area (Å²) < 4.78 is 26.2. The zero-order valence-electron chi connectivity index (χ0n) is 29.7. The van der Waals surface area contributed by atoms with Crippen molar-refractivity contribution in [3.8, 4) is 0 Å². The Bertz CT molecular complexity index is 905. The van der Waals surface area contributed by atoms with Gasteiger partial charge < -0.3 is 19.3 Å². The lowest BCUT2D eigenvalue weighted by atomic mass is 10.1. The van der Waals surface area contributed by atoms with E-state index in [0.717, 1.165) is 64.2 Å². The highest BCUT2D eigenvalue weighted by Crippen LogP contribution is 2.36. The van der Waals surface area contributed by atoms with E-state index < -0.39 is 32.5 Å². The van der Waals surface area contributed by atoms with Gasteiger partial charge in [-0.1, -0.05) is 120 Å². The van der Waals surface area contributed by atoms with Crippen LogP contribution >= 0.6 is 7.82 Å². The Balaban J connectivity index is 4.07. The second-order valence-corrected chi connectivity index (χ2v) is 13.4. The number of rotatable bonds is 33. The molecule has 0 heterocycles. The van der Waals surface area contributed by atoms with Crippen molar-refractivity contribution in [3.63, 3.8) is 0 Å². The first kappa shape index (κ1) is 45.0. The Labute approximate surface area is 286 Å². The summed E-state index contributed by atoms with van der Waals surface area (Å²) in [5.41, 5.74) is 0. The van der Waals surface area contributed by atoms with Crippen molar-refractivity contribution < 1.29 is 37.9 Å². The molecule has 0 unspecified atom stereocenters. The molecule has 0 aliphatic carbocycles. The van der Waals surface area contributed by atoms with Crippen LogP contribution in [0.15, 0.2) is 48.6 Å². The van der Waals surface area contributed by atoms with Crippen molar-refractivity contribution in [2.75, 3.05) is 13.2 Å². The Hall–Kier alpha value is -1.99. The second-order valence-electron chi connectivity index (χ2n) is 12.2. The van der Waals surface area contributed by atoms with E-state index in [9.17, 15) is 14.2 Å². The molecule has 0 saturated heterocycles. The predicted octanol–water partition coefficient (Wildman–Crippen LogP) is 10.8. The fourth-order valence-electron chi connectivity index (χ4n) is 4.78. The molecular weight excluding hydrogens is 615 g/mol. The zero-order chi connectivity index (χ0) is 34.7. The fourth-order valence-corrected chi connectivity index (χ4v) is 5.14. The van der Waals surface area contributed by atoms with Gasteiger partial charge in [0.2, 0.25) is 0 Å². The van der Waals surface area contributed by atoms with Gasteiger partial charge >= 0.3 is 19.8 Å². The first-order valence-electron chi connectivity index (χ1n) is 18.4. The largest absolute Gasteiger partial charge is 0.469 e. The van der Waals surface area contributed by atoms with Crippen LogP contribution in [0.4, 0.5) is 0 Å². The van der Waals surface area contributed by atoms with Crippen LogP contribution in [0.2, 0.25) is 0 Å². The van der Waals surface area contributed by atoms with Crippen molar-refractivity contribution in [3.05, 3.63) is 48.6 Å². The van der Waals surface area contributed by atoms with Crippen LogP contribution in [0.3, 0.4) is 0 Å². The molecule has 0 aliphatic heterocycles. The lowest BCUT2D eigenvalue weighted by Gasteiger charge is -2.18. The summed E-state index contributed by atoms with van der Waals surface area (Å²) in [7, 11) is -4.76. The maximum Gasteiger partial charge on any atom is 0.469 e. The van der Waals surface area contributed by atoms with Crippen LogP contribution < -0.4 is 0 Å². The Morgan fingerprint density at radius 2 is 0.957 bits per heavy atom. The van der Waals surface area contributed by atoms with E-state index in [0.29, 0.717) is 12.8 Å². The van der Waals surface area contributed by atoms with Crippen molar-refractivity contribution in [2.45, 2.75) is 168 Å². The molecule has 9 heteroatoms. The third-order valence-electron chi connectivity index (χ3n) is 7.57. The molecule has 0 amide bonds. The van der Waals surface area contributed by atoms with Gasteiger partial charge in [0.1, 0.15) is 6.61 Å². The molecule has 0 aromatic rings. The van der Waals surface area contributed by atoms with Gasteiger partial charge in [-0.2, -0.15) is 0 Å². The first-order valence-corrected chi connectivity index (χ1v) is 20.0. The standard InChI is InChI=1S/C38H67O8P/c1-3-5-7-9-11-13-15-17-19-21-22-24-26-28-30-32-37(39)44-34-36(35-45-47(41,42)43)46-38(40)33-31-29-27-25-23-20-18-16-14-12-10-8-6-4-2/h11,13,16-19,22,24,36H,3-10,12,14-15,20-21,23,25-35H2,1-2H3,(H2,41,42,43)/b13-11+,18-16+,19-17+,24-22+/t36-/m1/s1. The van der Waals surface area contributed by atoms with E-state index in [1.165, 1.54) is 57.8 Å². The van der Waals surface area contributed by atoms with Crippen molar-refractivity contribution in [2.24, 2.45) is 0 Å². The third-order valence-corrected chi connectivity index (χ3v) is 8.06. The number of esters is 2. The minimum atomic E-state index is -4.76. The lowest BCUT2D eigenvalue weighted by Crippen LogP contribution is -2.29. The first-order chi connectivity index (χ1) is 22.8. The molecule has 0 aromatic carbocycles. The van der Waals surface area contributed by atoms with Crippen LogP contribution in [0, 0.1) is 0 Å².